The predicted octanol–water partition coefficient (Wildman–Crippen LogP) is 5.09. The molecular weight excluding hydrogens is 276 g/mol. The lowest BCUT2D eigenvalue weighted by Crippen LogP contribution is -2.01. The second kappa shape index (κ2) is 4.83. The van der Waals surface area contributed by atoms with Crippen molar-refractivity contribution in [3.63, 3.8) is 0 Å². The fraction of sp³-hybridized carbons (Fsp3) is 0. The highest BCUT2D eigenvalue weighted by Gasteiger charge is 2.21. The first kappa shape index (κ1) is 12.3. The first-order valence-corrected chi connectivity index (χ1v) is 8.11. The van der Waals surface area contributed by atoms with E-state index in [1.54, 1.807) is 0 Å². The number of rotatable bonds is 1. The van der Waals surface area contributed by atoms with Gasteiger partial charge in [-0.1, -0.05) is 42.5 Å². The Balaban J connectivity index is 2.31. The zero-order chi connectivity index (χ0) is 14.2. The zero-order valence-corrected chi connectivity index (χ0v) is 12.1. The molecule has 0 spiro atoms. The van der Waals surface area contributed by atoms with E-state index in [1.165, 1.54) is 4.90 Å². The number of hydrogen-bond acceptors (Lipinski definition) is 1. The van der Waals surface area contributed by atoms with Crippen LogP contribution in [0.5, 0.6) is 0 Å². The van der Waals surface area contributed by atoms with Gasteiger partial charge in [0.2, 0.25) is 5.43 Å². The fourth-order valence-electron chi connectivity index (χ4n) is 2.74. The molecule has 0 bridgehead atoms. The first-order chi connectivity index (χ1) is 10.4. The van der Waals surface area contributed by atoms with Crippen molar-refractivity contribution in [3.8, 4) is 4.90 Å². The molecule has 4 aromatic rings. The van der Waals surface area contributed by atoms with Crippen LogP contribution in [0.1, 0.15) is 0 Å². The monoisotopic (exact) mass is 289 g/mol. The Morgan fingerprint density at radius 2 is 1.05 bits per heavy atom. The lowest BCUT2D eigenvalue weighted by molar-refractivity contribution is 1.73. The van der Waals surface area contributed by atoms with Crippen LogP contribution in [0, 0.1) is 0 Å². The summed E-state index contributed by atoms with van der Waals surface area (Å²) in [6, 6.07) is 26.4. The Hall–Kier alpha value is -2.45. The van der Waals surface area contributed by atoms with E-state index in [4.69, 9.17) is 0 Å². The van der Waals surface area contributed by atoms with Gasteiger partial charge in [-0.2, -0.15) is 0 Å². The van der Waals surface area contributed by atoms with Gasteiger partial charge in [0.05, 0.1) is 10.8 Å². The molecule has 0 saturated heterocycles. The van der Waals surface area contributed by atoms with E-state index in [9.17, 15) is 4.79 Å². The Kier molecular flexibility index (Phi) is 2.83. The molecule has 0 saturated carbocycles. The van der Waals surface area contributed by atoms with Crippen molar-refractivity contribution in [1.29, 1.82) is 0 Å². The van der Waals surface area contributed by atoms with Crippen LogP contribution in [-0.4, -0.2) is 0 Å². The number of hydrogen-bond donors (Lipinski definition) is 0. The SMILES string of the molecule is O=c1c2ccccc2[s+](-c2ccccc2)c2ccccc12. The third-order valence-electron chi connectivity index (χ3n) is 3.68. The van der Waals surface area contributed by atoms with Crippen molar-refractivity contribution in [2.24, 2.45) is 0 Å². The molecule has 0 radical (unpaired) electrons. The molecule has 4 rings (SSSR count). The molecule has 1 heterocycles. The zero-order valence-electron chi connectivity index (χ0n) is 11.3. The summed E-state index contributed by atoms with van der Waals surface area (Å²) in [6.07, 6.45) is 0. The standard InChI is InChI=1S/C19H13OS/c20-19-15-10-4-6-12-17(15)21(14-8-2-1-3-9-14)18-13-7-5-11-16(18)19/h1-13H/q+1. The molecule has 1 nitrogen and oxygen atoms in total. The second-order valence-electron chi connectivity index (χ2n) is 4.94. The van der Waals surface area contributed by atoms with Gasteiger partial charge in [0.1, 0.15) is 0 Å². The van der Waals surface area contributed by atoms with Crippen molar-refractivity contribution in [3.05, 3.63) is 89.1 Å². The fourth-order valence-corrected chi connectivity index (χ4v) is 5.10. The smallest absolute Gasteiger partial charge is 0.203 e. The van der Waals surface area contributed by atoms with Gasteiger partial charge in [0.15, 0.2) is 14.3 Å². The van der Waals surface area contributed by atoms with Crippen LogP contribution in [-0.2, 0) is 0 Å². The number of fused-ring (bicyclic) bond motifs is 2. The predicted molar refractivity (Wildman–Crippen MR) is 91.5 cm³/mol. The average Bonchev–Trinajstić information content (AvgIpc) is 2.56. The molecule has 0 N–H and O–H groups in total. The molecule has 1 aromatic heterocycles. The molecule has 0 amide bonds. The van der Waals surface area contributed by atoms with Crippen LogP contribution in [0.4, 0.5) is 0 Å². The van der Waals surface area contributed by atoms with Gasteiger partial charge in [-0.15, -0.1) is 0 Å². The molecule has 100 valence electrons. The summed E-state index contributed by atoms with van der Waals surface area (Å²) in [7, 11) is -0.199. The van der Waals surface area contributed by atoms with Gasteiger partial charge in [-0.25, -0.2) is 0 Å². The maximum atomic E-state index is 12.7. The van der Waals surface area contributed by atoms with Crippen LogP contribution in [0.15, 0.2) is 83.7 Å². The van der Waals surface area contributed by atoms with E-state index < -0.39 is 0 Å². The van der Waals surface area contributed by atoms with Crippen LogP contribution in [0.2, 0.25) is 0 Å². The molecule has 0 aliphatic rings. The van der Waals surface area contributed by atoms with E-state index in [-0.39, 0.29) is 15.9 Å². The molecule has 0 aliphatic carbocycles. The summed E-state index contributed by atoms with van der Waals surface area (Å²) < 4.78 is 2.26. The van der Waals surface area contributed by atoms with Gasteiger partial charge < -0.3 is 0 Å². The summed E-state index contributed by atoms with van der Waals surface area (Å²) in [5.74, 6) is 0. The van der Waals surface area contributed by atoms with E-state index in [2.05, 4.69) is 36.4 Å². The van der Waals surface area contributed by atoms with Gasteiger partial charge in [0.25, 0.3) is 0 Å². The molecule has 2 heteroatoms. The van der Waals surface area contributed by atoms with E-state index in [0.717, 1.165) is 20.2 Å². The highest BCUT2D eigenvalue weighted by atomic mass is 32.2. The van der Waals surface area contributed by atoms with Gasteiger partial charge in [-0.05, 0) is 36.4 Å². The highest BCUT2D eigenvalue weighted by molar-refractivity contribution is 7.49. The van der Waals surface area contributed by atoms with Crippen molar-refractivity contribution in [2.45, 2.75) is 0 Å². The molecule has 0 fully saturated rings. The Morgan fingerprint density at radius 1 is 0.571 bits per heavy atom. The minimum Gasteiger partial charge on any atom is -0.288 e. The van der Waals surface area contributed by atoms with E-state index >= 15 is 0 Å². The molecular formula is C19H13OS+. The van der Waals surface area contributed by atoms with Gasteiger partial charge in [-0.3, -0.25) is 4.79 Å². The van der Waals surface area contributed by atoms with E-state index in [0.29, 0.717) is 0 Å². The summed E-state index contributed by atoms with van der Waals surface area (Å²) in [6.45, 7) is 0. The van der Waals surface area contributed by atoms with Crippen molar-refractivity contribution >= 4 is 30.6 Å². The van der Waals surface area contributed by atoms with Crippen molar-refractivity contribution in [1.82, 2.24) is 0 Å². The lowest BCUT2D eigenvalue weighted by Gasteiger charge is -2.02. The highest BCUT2D eigenvalue weighted by Crippen LogP contribution is 2.42. The van der Waals surface area contributed by atoms with Crippen LogP contribution in [0.25, 0.3) is 25.1 Å². The first-order valence-electron chi connectivity index (χ1n) is 6.88. The third-order valence-corrected chi connectivity index (χ3v) is 6.02. The van der Waals surface area contributed by atoms with Gasteiger partial charge >= 0.3 is 0 Å². The maximum absolute atomic E-state index is 12.7. The van der Waals surface area contributed by atoms with E-state index in [1.807, 2.05) is 42.5 Å². The Labute approximate surface area is 125 Å². The van der Waals surface area contributed by atoms with Crippen LogP contribution in [0.3, 0.4) is 0 Å². The average molecular weight is 289 g/mol. The van der Waals surface area contributed by atoms with Gasteiger partial charge in [0, 0.05) is 10.5 Å². The quantitative estimate of drug-likeness (QED) is 0.352. The third kappa shape index (κ3) is 1.88. The van der Waals surface area contributed by atoms with Crippen molar-refractivity contribution < 1.29 is 0 Å². The van der Waals surface area contributed by atoms with Crippen LogP contribution < -0.4 is 5.43 Å². The molecule has 0 atom stereocenters. The largest absolute Gasteiger partial charge is 0.288 e. The Morgan fingerprint density at radius 3 is 1.62 bits per heavy atom. The summed E-state index contributed by atoms with van der Waals surface area (Å²) in [5, 5.41) is 1.67. The minimum atomic E-state index is -0.199. The van der Waals surface area contributed by atoms with Crippen LogP contribution >= 0.6 is 10.5 Å². The number of benzene rings is 3. The second-order valence-corrected chi connectivity index (χ2v) is 6.90. The molecule has 21 heavy (non-hydrogen) atoms. The van der Waals surface area contributed by atoms with Crippen molar-refractivity contribution in [2.75, 3.05) is 0 Å². The molecule has 0 unspecified atom stereocenters. The normalized spacial score (nSPS) is 11.0. The minimum absolute atomic E-state index is 0.140. The summed E-state index contributed by atoms with van der Waals surface area (Å²) in [4.78, 5) is 13.9. The molecule has 0 aliphatic heterocycles. The Bertz CT molecular complexity index is 940. The topological polar surface area (TPSA) is 17.1 Å². The summed E-state index contributed by atoms with van der Waals surface area (Å²) >= 11 is 0. The maximum Gasteiger partial charge on any atom is 0.203 e. The molecule has 3 aromatic carbocycles. The lowest BCUT2D eigenvalue weighted by atomic mass is 10.2. The summed E-state index contributed by atoms with van der Waals surface area (Å²) in [5.41, 5.74) is 0.140.